The van der Waals surface area contributed by atoms with Crippen LogP contribution in [-0.4, -0.2) is 25.5 Å². The molecule has 1 amide bonds. The quantitative estimate of drug-likeness (QED) is 0.755. The summed E-state index contributed by atoms with van der Waals surface area (Å²) in [5.41, 5.74) is 0.996. The Labute approximate surface area is 83.7 Å². The molecule has 1 heterocycles. The lowest BCUT2D eigenvalue weighted by Gasteiger charge is -2.16. The summed E-state index contributed by atoms with van der Waals surface area (Å²) in [5, 5.41) is 3.02. The molecule has 0 aliphatic carbocycles. The van der Waals surface area contributed by atoms with Gasteiger partial charge in [-0.05, 0) is 25.6 Å². The Morgan fingerprint density at radius 3 is 2.64 bits per heavy atom. The largest absolute Gasteiger partial charge is 0.311 e. The van der Waals surface area contributed by atoms with Gasteiger partial charge >= 0.3 is 0 Å². The fourth-order valence-corrected chi connectivity index (χ4v) is 1.81. The lowest BCUT2D eigenvalue weighted by atomic mass is 10.2. The molecule has 3 nitrogen and oxygen atoms in total. The highest BCUT2D eigenvalue weighted by Crippen LogP contribution is 2.20. The van der Waals surface area contributed by atoms with E-state index in [-0.39, 0.29) is 11.9 Å². The fourth-order valence-electron chi connectivity index (χ4n) is 1.81. The minimum atomic E-state index is -0.00444. The van der Waals surface area contributed by atoms with Crippen LogP contribution in [0.2, 0.25) is 0 Å². The minimum Gasteiger partial charge on any atom is -0.311 e. The second-order valence-corrected chi connectivity index (χ2v) is 3.46. The maximum atomic E-state index is 11.8. The number of rotatable bonds is 2. The lowest BCUT2D eigenvalue weighted by molar-refractivity contribution is -0.118. The standard InChI is InChI=1S/C11H14N2O/c1-12-10-7-8-13(11(10)14)9-5-3-2-4-6-9/h2-6,10,12H,7-8H2,1H3. The monoisotopic (exact) mass is 190 g/mol. The molecule has 1 unspecified atom stereocenters. The van der Waals surface area contributed by atoms with Gasteiger partial charge in [-0.15, -0.1) is 0 Å². The number of nitrogens with zero attached hydrogens (tertiary/aromatic N) is 1. The van der Waals surface area contributed by atoms with E-state index >= 15 is 0 Å². The molecule has 1 atom stereocenters. The van der Waals surface area contributed by atoms with Crippen molar-refractivity contribution in [1.82, 2.24) is 5.32 Å². The second-order valence-electron chi connectivity index (χ2n) is 3.46. The Hall–Kier alpha value is -1.35. The summed E-state index contributed by atoms with van der Waals surface area (Å²) in [6.07, 6.45) is 0.893. The summed E-state index contributed by atoms with van der Waals surface area (Å²) in [7, 11) is 1.83. The van der Waals surface area contributed by atoms with E-state index in [0.29, 0.717) is 0 Å². The Kier molecular flexibility index (Phi) is 2.50. The van der Waals surface area contributed by atoms with Gasteiger partial charge in [-0.2, -0.15) is 0 Å². The number of nitrogens with one attached hydrogen (secondary N) is 1. The summed E-state index contributed by atoms with van der Waals surface area (Å²) < 4.78 is 0. The van der Waals surface area contributed by atoms with Crippen LogP contribution in [0.25, 0.3) is 0 Å². The fraction of sp³-hybridized carbons (Fsp3) is 0.364. The predicted molar refractivity (Wildman–Crippen MR) is 56.3 cm³/mol. The van der Waals surface area contributed by atoms with E-state index < -0.39 is 0 Å². The first-order valence-electron chi connectivity index (χ1n) is 4.86. The first kappa shape index (κ1) is 9.21. The molecule has 0 aromatic heterocycles. The number of benzene rings is 1. The zero-order chi connectivity index (χ0) is 9.97. The molecule has 1 aromatic carbocycles. The topological polar surface area (TPSA) is 32.3 Å². The Balaban J connectivity index is 2.18. The highest BCUT2D eigenvalue weighted by Gasteiger charge is 2.30. The van der Waals surface area contributed by atoms with E-state index in [1.54, 1.807) is 0 Å². The summed E-state index contributed by atoms with van der Waals surface area (Å²) in [5.74, 6) is 0.179. The van der Waals surface area contributed by atoms with Gasteiger partial charge in [0.1, 0.15) is 0 Å². The molecule has 1 N–H and O–H groups in total. The number of carbonyl (C=O) groups is 1. The third-order valence-corrected chi connectivity index (χ3v) is 2.62. The van der Waals surface area contributed by atoms with Crippen LogP contribution in [0.15, 0.2) is 30.3 Å². The molecule has 0 radical (unpaired) electrons. The molecule has 3 heteroatoms. The van der Waals surface area contributed by atoms with E-state index in [9.17, 15) is 4.79 Å². The van der Waals surface area contributed by atoms with Crippen molar-refractivity contribution in [3.05, 3.63) is 30.3 Å². The van der Waals surface area contributed by atoms with Gasteiger partial charge in [0, 0.05) is 12.2 Å². The van der Waals surface area contributed by atoms with Crippen LogP contribution >= 0.6 is 0 Å². The molecule has 0 bridgehead atoms. The molecule has 2 rings (SSSR count). The normalized spacial score (nSPS) is 21.6. The lowest BCUT2D eigenvalue weighted by Crippen LogP contribution is -2.36. The second kappa shape index (κ2) is 3.80. The van der Waals surface area contributed by atoms with Crippen LogP contribution in [0.1, 0.15) is 6.42 Å². The zero-order valence-corrected chi connectivity index (χ0v) is 8.23. The molecule has 1 saturated heterocycles. The van der Waals surface area contributed by atoms with Crippen molar-refractivity contribution in [3.8, 4) is 0 Å². The maximum absolute atomic E-state index is 11.8. The summed E-state index contributed by atoms with van der Waals surface area (Å²) in [4.78, 5) is 13.6. The van der Waals surface area contributed by atoms with Crippen molar-refractivity contribution in [2.45, 2.75) is 12.5 Å². The molecule has 1 aliphatic rings. The van der Waals surface area contributed by atoms with Gasteiger partial charge in [-0.1, -0.05) is 18.2 Å². The third-order valence-electron chi connectivity index (χ3n) is 2.62. The molecule has 0 saturated carbocycles. The van der Waals surface area contributed by atoms with Crippen LogP contribution in [-0.2, 0) is 4.79 Å². The number of hydrogen-bond acceptors (Lipinski definition) is 2. The molecule has 14 heavy (non-hydrogen) atoms. The molecule has 1 aromatic rings. The number of hydrogen-bond donors (Lipinski definition) is 1. The van der Waals surface area contributed by atoms with Gasteiger partial charge < -0.3 is 10.2 Å². The Bertz CT molecular complexity index is 323. The van der Waals surface area contributed by atoms with Crippen molar-refractivity contribution in [1.29, 1.82) is 0 Å². The Morgan fingerprint density at radius 1 is 1.36 bits per heavy atom. The summed E-state index contributed by atoms with van der Waals surface area (Å²) >= 11 is 0. The third kappa shape index (κ3) is 1.51. The van der Waals surface area contributed by atoms with Gasteiger partial charge in [-0.25, -0.2) is 0 Å². The van der Waals surface area contributed by atoms with Crippen LogP contribution in [0.3, 0.4) is 0 Å². The maximum Gasteiger partial charge on any atom is 0.244 e. The average molecular weight is 190 g/mol. The van der Waals surface area contributed by atoms with Gasteiger partial charge in [0.05, 0.1) is 6.04 Å². The first-order chi connectivity index (χ1) is 6.83. The van der Waals surface area contributed by atoms with E-state index in [2.05, 4.69) is 5.32 Å². The van der Waals surface area contributed by atoms with E-state index in [1.165, 1.54) is 0 Å². The molecule has 1 aliphatic heterocycles. The summed E-state index contributed by atoms with van der Waals surface area (Å²) in [6, 6.07) is 9.80. The van der Waals surface area contributed by atoms with Crippen LogP contribution < -0.4 is 10.2 Å². The van der Waals surface area contributed by atoms with Crippen molar-refractivity contribution in [2.75, 3.05) is 18.5 Å². The van der Waals surface area contributed by atoms with Gasteiger partial charge in [0.2, 0.25) is 5.91 Å². The highest BCUT2D eigenvalue weighted by atomic mass is 16.2. The Morgan fingerprint density at radius 2 is 2.07 bits per heavy atom. The van der Waals surface area contributed by atoms with E-state index in [0.717, 1.165) is 18.7 Å². The smallest absolute Gasteiger partial charge is 0.244 e. The number of para-hydroxylation sites is 1. The highest BCUT2D eigenvalue weighted by molar-refractivity contribution is 5.99. The number of anilines is 1. The number of amides is 1. The van der Waals surface area contributed by atoms with Crippen LogP contribution in [0.5, 0.6) is 0 Å². The predicted octanol–water partition coefficient (Wildman–Crippen LogP) is 1.01. The van der Waals surface area contributed by atoms with Crippen molar-refractivity contribution in [3.63, 3.8) is 0 Å². The minimum absolute atomic E-state index is 0.00444. The number of likely N-dealkylation sites (N-methyl/N-ethyl adjacent to an activating group) is 1. The van der Waals surface area contributed by atoms with Gasteiger partial charge in [0.25, 0.3) is 0 Å². The van der Waals surface area contributed by atoms with Crippen LogP contribution in [0.4, 0.5) is 5.69 Å². The van der Waals surface area contributed by atoms with Gasteiger partial charge in [-0.3, -0.25) is 4.79 Å². The first-order valence-corrected chi connectivity index (χ1v) is 4.86. The molecular formula is C11H14N2O. The molecule has 1 fully saturated rings. The van der Waals surface area contributed by atoms with E-state index in [4.69, 9.17) is 0 Å². The zero-order valence-electron chi connectivity index (χ0n) is 8.23. The molecule has 0 spiro atoms. The number of carbonyl (C=O) groups excluding carboxylic acids is 1. The SMILES string of the molecule is CNC1CCN(c2ccccc2)C1=O. The van der Waals surface area contributed by atoms with E-state index in [1.807, 2.05) is 42.3 Å². The van der Waals surface area contributed by atoms with Crippen molar-refractivity contribution < 1.29 is 4.79 Å². The van der Waals surface area contributed by atoms with Crippen molar-refractivity contribution >= 4 is 11.6 Å². The van der Waals surface area contributed by atoms with Crippen molar-refractivity contribution in [2.24, 2.45) is 0 Å². The summed E-state index contributed by atoms with van der Waals surface area (Å²) in [6.45, 7) is 0.814. The van der Waals surface area contributed by atoms with Crippen LogP contribution in [0, 0.1) is 0 Å². The average Bonchev–Trinajstić information content (AvgIpc) is 2.61. The molecule has 74 valence electrons. The van der Waals surface area contributed by atoms with Gasteiger partial charge in [0.15, 0.2) is 0 Å². The molecular weight excluding hydrogens is 176 g/mol.